The monoisotopic (exact) mass is 1650 g/mol. The van der Waals surface area contributed by atoms with Crippen molar-refractivity contribution in [1.82, 2.24) is 0 Å². The highest BCUT2D eigenvalue weighted by Gasteiger charge is 2.75. The molecule has 4 aromatic carbocycles. The Labute approximate surface area is 675 Å². The lowest BCUT2D eigenvalue weighted by molar-refractivity contribution is -0.210. The lowest BCUT2D eigenvalue weighted by Crippen LogP contribution is -2.73. The molecule has 0 saturated carbocycles. The van der Waals surface area contributed by atoms with Gasteiger partial charge in [0.05, 0.1) is 118 Å². The Morgan fingerprint density at radius 1 is 0.653 bits per heavy atom. The topological polar surface area (TPSA) is 581 Å². The number of phenolic OH excluding ortho intramolecular Hbond substituents is 4. The Kier molecular flexibility index (Phi) is 24.6. The van der Waals surface area contributed by atoms with Crippen LogP contribution in [0.1, 0.15) is 183 Å². The zero-order valence-electron chi connectivity index (χ0n) is 65.9. The SMILES string of the molecule is C.CCOC(=O)CCC1(O)C(=N[C@H]2O[C@@H](C)[C@H](OC)[C@@H](O)[C@H]2CO)C=C(N)c2c1cc1c(c2O)C(=O)[C@]2(OC)[C@H](O)Cc3cc(C)c(C(=O)OC)c(O)c3[C@]2(O)C1=O.COC(=O)c1c(C)cc2c(c1O)[C@]1(O)C(=O)c3cc4c(c(O)c3C(=O)[C@]1(OC)[C@H](O)C2)C(=N)C=C(C[C@H]1O[C@@H](C)[C@H](CO)[C@@H](O)[C@H]1OC)C4(O)Cc1coc(CC(C)O)c1. The molecule has 0 bridgehead atoms. The summed E-state index contributed by atoms with van der Waals surface area (Å²) in [7, 11) is 6.67. The van der Waals surface area contributed by atoms with E-state index in [0.717, 1.165) is 46.6 Å². The summed E-state index contributed by atoms with van der Waals surface area (Å²) in [4.78, 5) is 103. The average molecular weight is 1650 g/mol. The normalized spacial score (nSPS) is 31.7. The first-order valence-corrected chi connectivity index (χ1v) is 37.6. The van der Waals surface area contributed by atoms with Gasteiger partial charge in [0.2, 0.25) is 23.1 Å². The minimum absolute atomic E-state index is 0. The number of aliphatic imine (C=N–C) groups is 1. The fourth-order valence-electron chi connectivity index (χ4n) is 18.8. The number of nitrogens with two attached hydrogens (primary N) is 1. The number of furan rings is 1. The molecule has 35 heteroatoms. The highest BCUT2D eigenvalue weighted by atomic mass is 16.6. The van der Waals surface area contributed by atoms with Crippen LogP contribution in [-0.4, -0.2) is 270 Å². The standard InChI is InChI=1S/C43H49NO16.C39H46N2O16.CH4/c1-17-7-21-10-29(47)43(58-6)39(52)31-24(38(51)42(43,55)33(21)36(50)30(17)40(53)57-5)13-26-32(35(31)49)27(44)11-22(12-28-37(56-4)34(48)25(15-45)19(3)60-28)41(26,54)14-20-9-23(59-16-20)8-18(2)46;1-7-56-24(44)8-9-37(51)20-12-18-26(30(46)27(20)21(40)13-22(37)41-35-19(14-42)29(45)32(53-4)16(3)57-35)34(49)39(55-6)23(43)11-17-10-15(2)25(36(50)54-5)31(47)28(17)38(39,52)33(18)48;/h7,9,11,13,16,18-19,25,28-29,34,37,44-50,54-55H,8,10,12,14-15H2,1-6H3;10,12-13,16,19,23,29,32,35,42-43,45-47,51-52H,7-9,11,14,40H2,1-6H3;1H4/t18?,19-,25-,28+,29+,34+,37-,41?,42-,43+;16-,19+,23+,29-,32-,35-,37?,38-,39+;/m00./s1. The molecule has 1 aromatic heterocycles. The van der Waals surface area contributed by atoms with E-state index in [2.05, 4.69) is 4.99 Å². The molecule has 2 fully saturated rings. The van der Waals surface area contributed by atoms with Crippen molar-refractivity contribution in [2.24, 2.45) is 22.6 Å². The Morgan fingerprint density at radius 3 is 1.61 bits per heavy atom. The number of Topliss-reactive ketones (excluding diaryl/α,β-unsaturated/α-hetero) is 4. The second-order valence-corrected chi connectivity index (χ2v) is 30.8. The van der Waals surface area contributed by atoms with Crippen molar-refractivity contribution in [2.45, 2.75) is 195 Å². The van der Waals surface area contributed by atoms with E-state index in [9.17, 15) is 106 Å². The number of methoxy groups -OCH3 is 6. The van der Waals surface area contributed by atoms with Crippen LogP contribution in [0.4, 0.5) is 0 Å². The number of nitrogens with one attached hydrogen (secondary N) is 1. The van der Waals surface area contributed by atoms with Gasteiger partial charge in [-0.25, -0.2) is 9.59 Å². The maximum atomic E-state index is 15.2. The van der Waals surface area contributed by atoms with Gasteiger partial charge in [0.25, 0.3) is 0 Å². The molecular weight excluding hydrogens is 1550 g/mol. The summed E-state index contributed by atoms with van der Waals surface area (Å²) in [5.41, 5.74) is -17.2. The number of fused-ring (bicyclic) bond motifs is 10. The molecule has 3 heterocycles. The van der Waals surface area contributed by atoms with Gasteiger partial charge in [-0.2, -0.15) is 0 Å². The number of hydrogen-bond donors (Lipinski definition) is 17. The number of aromatic hydroxyl groups is 4. The number of esters is 3. The van der Waals surface area contributed by atoms with E-state index >= 15 is 9.59 Å². The van der Waals surface area contributed by atoms with Gasteiger partial charge < -0.3 is 135 Å². The quantitative estimate of drug-likeness (QED) is 0.0412. The van der Waals surface area contributed by atoms with Gasteiger partial charge in [0.15, 0.2) is 28.6 Å². The molecule has 0 spiro atoms. The lowest BCUT2D eigenvalue weighted by atomic mass is 9.56. The smallest absolute Gasteiger partial charge is 0.341 e. The minimum Gasteiger partial charge on any atom is -0.507 e. The number of nitrogens with zero attached hydrogens (tertiary/aromatic N) is 1. The van der Waals surface area contributed by atoms with Gasteiger partial charge in [0, 0.05) is 123 Å². The number of benzene rings is 4. The number of hydrogen-bond acceptors (Lipinski definition) is 35. The highest BCUT2D eigenvalue weighted by Crippen LogP contribution is 2.61. The second kappa shape index (κ2) is 32.5. The first kappa shape index (κ1) is 89.2. The molecule has 2 aliphatic heterocycles. The summed E-state index contributed by atoms with van der Waals surface area (Å²) in [6.07, 6.45) is -11.5. The van der Waals surface area contributed by atoms with Crippen LogP contribution in [0.5, 0.6) is 23.0 Å². The molecule has 5 aromatic rings. The second-order valence-electron chi connectivity index (χ2n) is 30.8. The molecule has 8 aliphatic rings. The molecule has 35 nitrogen and oxygen atoms in total. The maximum absolute atomic E-state index is 15.2. The summed E-state index contributed by atoms with van der Waals surface area (Å²) in [6.45, 7) is 8.22. The van der Waals surface area contributed by atoms with E-state index in [0.29, 0.717) is 11.3 Å². The number of ether oxygens (including phenoxy) is 9. The highest BCUT2D eigenvalue weighted by molar-refractivity contribution is 6.28. The molecule has 2 saturated heterocycles. The lowest BCUT2D eigenvalue weighted by Gasteiger charge is -2.53. The van der Waals surface area contributed by atoms with Crippen molar-refractivity contribution >= 4 is 58.2 Å². The molecular formula is C83H99N3O32. The van der Waals surface area contributed by atoms with Crippen molar-refractivity contribution in [2.75, 3.05) is 62.5 Å². The molecule has 13 rings (SSSR count). The van der Waals surface area contributed by atoms with E-state index in [4.69, 9.17) is 52.8 Å². The Hall–Kier alpha value is -9.61. The fraction of sp³-hybridized carbons (Fsp3) is 0.506. The third-order valence-corrected chi connectivity index (χ3v) is 24.4. The van der Waals surface area contributed by atoms with E-state index in [-0.39, 0.29) is 94.8 Å². The fourth-order valence-corrected chi connectivity index (χ4v) is 18.8. The minimum atomic E-state index is -3.27. The number of allylic oxidation sites excluding steroid dienone is 1. The van der Waals surface area contributed by atoms with Gasteiger partial charge in [-0.15, -0.1) is 0 Å². The summed E-state index contributed by atoms with van der Waals surface area (Å²) in [5.74, 6) is -13.4. The third-order valence-electron chi connectivity index (χ3n) is 24.4. The van der Waals surface area contributed by atoms with Crippen LogP contribution in [0.2, 0.25) is 0 Å². The molecule has 0 amide bonds. The number of aliphatic hydroxyl groups is 11. The number of aliphatic hydroxyl groups excluding tert-OH is 7. The summed E-state index contributed by atoms with van der Waals surface area (Å²) in [6, 6.07) is 6.31. The maximum Gasteiger partial charge on any atom is 0.341 e. The first-order valence-electron chi connectivity index (χ1n) is 37.6. The number of ketones is 4. The number of carbonyl (C=O) groups excluding carboxylic acids is 7. The van der Waals surface area contributed by atoms with E-state index in [1.54, 1.807) is 33.8 Å². The molecule has 0 radical (unpaired) electrons. The summed E-state index contributed by atoms with van der Waals surface area (Å²) < 4.78 is 54.9. The van der Waals surface area contributed by atoms with Crippen molar-refractivity contribution < 1.29 is 157 Å². The largest absolute Gasteiger partial charge is 0.507 e. The molecule has 6 aliphatic carbocycles. The third kappa shape index (κ3) is 13.0. The molecule has 118 heavy (non-hydrogen) atoms. The van der Waals surface area contributed by atoms with Crippen molar-refractivity contribution in [1.29, 1.82) is 5.41 Å². The predicted molar refractivity (Wildman–Crippen MR) is 409 cm³/mol. The first-order chi connectivity index (χ1) is 55.1. The number of rotatable bonds is 19. The zero-order valence-corrected chi connectivity index (χ0v) is 65.9. The van der Waals surface area contributed by atoms with Gasteiger partial charge in [0.1, 0.15) is 63.3 Å². The van der Waals surface area contributed by atoms with Gasteiger partial charge in [-0.05, 0) is 112 Å². The van der Waals surface area contributed by atoms with E-state index < -0.39 is 266 Å². The molecule has 19 atom stereocenters. The van der Waals surface area contributed by atoms with E-state index in [1.807, 2.05) is 0 Å². The van der Waals surface area contributed by atoms with Gasteiger partial charge in [-0.3, -0.25) is 29.0 Å². The zero-order chi connectivity index (χ0) is 86.1. The summed E-state index contributed by atoms with van der Waals surface area (Å²) in [5, 5.41) is 184. The Bertz CT molecular complexity index is 5060. The van der Waals surface area contributed by atoms with Crippen LogP contribution >= 0.6 is 0 Å². The van der Waals surface area contributed by atoms with Gasteiger partial charge >= 0.3 is 17.9 Å². The molecule has 638 valence electrons. The number of phenols is 4. The Morgan fingerprint density at radius 2 is 1.14 bits per heavy atom. The van der Waals surface area contributed by atoms with Crippen LogP contribution in [0, 0.1) is 31.1 Å². The van der Waals surface area contributed by atoms with E-state index in [1.165, 1.54) is 52.5 Å². The van der Waals surface area contributed by atoms with Crippen LogP contribution in [0.25, 0.3) is 5.70 Å². The average Bonchev–Trinajstić information content (AvgIpc) is 0.684. The van der Waals surface area contributed by atoms with Crippen molar-refractivity contribution in [3.63, 3.8) is 0 Å². The predicted octanol–water partition coefficient (Wildman–Crippen LogP) is 1.59. The van der Waals surface area contributed by atoms with Crippen molar-refractivity contribution in [3.8, 4) is 23.0 Å². The van der Waals surface area contributed by atoms with Crippen LogP contribution in [0.15, 0.2) is 63.7 Å². The van der Waals surface area contributed by atoms with Crippen LogP contribution in [0.3, 0.4) is 0 Å². The Balaban J connectivity index is 0.000000230. The number of aryl methyl sites for hydroxylation is 2. The van der Waals surface area contributed by atoms with Crippen molar-refractivity contribution in [3.05, 3.63) is 155 Å². The molecule has 18 N–H and O–H groups in total. The van der Waals surface area contributed by atoms with Crippen LogP contribution < -0.4 is 5.73 Å². The number of carbonyl (C=O) groups is 7. The van der Waals surface area contributed by atoms with Crippen LogP contribution in [-0.2, 0) is 95.5 Å². The summed E-state index contributed by atoms with van der Waals surface area (Å²) >= 11 is 0. The molecule has 3 unspecified atom stereocenters. The van der Waals surface area contributed by atoms with Gasteiger partial charge in [-0.1, -0.05) is 19.6 Å².